The molecule has 1 N–H and O–H groups in total. The molecule has 0 heterocycles. The summed E-state index contributed by atoms with van der Waals surface area (Å²) in [6, 6.07) is 9.89. The first kappa shape index (κ1) is 11.4. The van der Waals surface area contributed by atoms with E-state index in [0.29, 0.717) is 13.1 Å². The van der Waals surface area contributed by atoms with E-state index in [2.05, 4.69) is 0 Å². The smallest absolute Gasteiger partial charge is 0.407 e. The predicted octanol–water partition coefficient (Wildman–Crippen LogP) is 1.73. The van der Waals surface area contributed by atoms with Gasteiger partial charge in [-0.25, -0.2) is 4.79 Å². The lowest BCUT2D eigenvalue weighted by Crippen LogP contribution is -2.33. The molecule has 0 atom stereocenters. The van der Waals surface area contributed by atoms with Gasteiger partial charge in [0.15, 0.2) is 0 Å². The number of para-hydroxylation sites is 1. The SMILES string of the molecule is CN(CCN(C)c1ccccc1)C(=O)O. The van der Waals surface area contributed by atoms with E-state index in [0.717, 1.165) is 5.69 Å². The van der Waals surface area contributed by atoms with Crippen molar-refractivity contribution >= 4 is 11.8 Å². The maximum Gasteiger partial charge on any atom is 0.407 e. The van der Waals surface area contributed by atoms with Crippen LogP contribution in [0.3, 0.4) is 0 Å². The minimum absolute atomic E-state index is 0.501. The fourth-order valence-electron chi connectivity index (χ4n) is 1.21. The van der Waals surface area contributed by atoms with Crippen LogP contribution >= 0.6 is 0 Å². The summed E-state index contributed by atoms with van der Waals surface area (Å²) >= 11 is 0. The van der Waals surface area contributed by atoms with Crippen molar-refractivity contribution in [2.45, 2.75) is 0 Å². The number of hydrogen-bond acceptors (Lipinski definition) is 2. The van der Waals surface area contributed by atoms with Crippen LogP contribution in [-0.2, 0) is 0 Å². The molecule has 4 nitrogen and oxygen atoms in total. The zero-order valence-corrected chi connectivity index (χ0v) is 9.05. The van der Waals surface area contributed by atoms with Crippen molar-refractivity contribution in [3.63, 3.8) is 0 Å². The Hall–Kier alpha value is -1.71. The van der Waals surface area contributed by atoms with Gasteiger partial charge in [-0.2, -0.15) is 0 Å². The summed E-state index contributed by atoms with van der Waals surface area (Å²) in [5, 5.41) is 8.67. The second-order valence-electron chi connectivity index (χ2n) is 3.46. The fourth-order valence-corrected chi connectivity index (χ4v) is 1.21. The Labute approximate surface area is 89.7 Å². The van der Waals surface area contributed by atoms with Crippen LogP contribution < -0.4 is 4.90 Å². The largest absolute Gasteiger partial charge is 0.465 e. The molecule has 0 radical (unpaired) electrons. The van der Waals surface area contributed by atoms with Crippen LogP contribution in [0.1, 0.15) is 0 Å². The molecule has 0 aliphatic carbocycles. The molecule has 0 aliphatic rings. The Morgan fingerprint density at radius 3 is 2.33 bits per heavy atom. The molecule has 0 aliphatic heterocycles. The number of hydrogen-bond donors (Lipinski definition) is 1. The third-order valence-electron chi connectivity index (χ3n) is 2.29. The lowest BCUT2D eigenvalue weighted by molar-refractivity contribution is 0.157. The molecule has 4 heteroatoms. The molecule has 1 aromatic carbocycles. The van der Waals surface area contributed by atoms with Crippen LogP contribution in [0.5, 0.6) is 0 Å². The number of rotatable bonds is 4. The van der Waals surface area contributed by atoms with Crippen molar-refractivity contribution < 1.29 is 9.90 Å². The monoisotopic (exact) mass is 208 g/mol. The highest BCUT2D eigenvalue weighted by Crippen LogP contribution is 2.10. The number of nitrogens with zero attached hydrogens (tertiary/aromatic N) is 2. The number of benzene rings is 1. The van der Waals surface area contributed by atoms with E-state index in [4.69, 9.17) is 5.11 Å². The van der Waals surface area contributed by atoms with Crippen LogP contribution in [0.2, 0.25) is 0 Å². The molecular formula is C11H16N2O2. The van der Waals surface area contributed by atoms with Gasteiger partial charge < -0.3 is 14.9 Å². The van der Waals surface area contributed by atoms with Crippen molar-refractivity contribution in [3.05, 3.63) is 30.3 Å². The summed E-state index contributed by atoms with van der Waals surface area (Å²) in [4.78, 5) is 13.9. The van der Waals surface area contributed by atoms with E-state index in [1.165, 1.54) is 4.90 Å². The highest BCUT2D eigenvalue weighted by molar-refractivity contribution is 5.64. The summed E-state index contributed by atoms with van der Waals surface area (Å²) in [6.07, 6.45) is -0.892. The lowest BCUT2D eigenvalue weighted by atomic mass is 10.3. The Morgan fingerprint density at radius 1 is 1.20 bits per heavy atom. The van der Waals surface area contributed by atoms with Crippen molar-refractivity contribution in [3.8, 4) is 0 Å². The molecule has 15 heavy (non-hydrogen) atoms. The number of carbonyl (C=O) groups is 1. The van der Waals surface area contributed by atoms with Gasteiger partial charge in [0.2, 0.25) is 0 Å². The van der Waals surface area contributed by atoms with Crippen LogP contribution in [0, 0.1) is 0 Å². The van der Waals surface area contributed by atoms with E-state index < -0.39 is 6.09 Å². The van der Waals surface area contributed by atoms with Gasteiger partial charge in [0.05, 0.1) is 0 Å². The lowest BCUT2D eigenvalue weighted by Gasteiger charge is -2.22. The first-order valence-electron chi connectivity index (χ1n) is 4.81. The molecule has 0 aromatic heterocycles. The van der Waals surface area contributed by atoms with Gasteiger partial charge in [-0.3, -0.25) is 0 Å². The average Bonchev–Trinajstić information content (AvgIpc) is 2.26. The summed E-state index contributed by atoms with van der Waals surface area (Å²) < 4.78 is 0. The Bertz CT molecular complexity index is 314. The maximum absolute atomic E-state index is 10.6. The van der Waals surface area contributed by atoms with Crippen molar-refractivity contribution in [2.24, 2.45) is 0 Å². The quantitative estimate of drug-likeness (QED) is 0.819. The van der Waals surface area contributed by atoms with Crippen molar-refractivity contribution in [1.29, 1.82) is 0 Å². The molecule has 0 saturated heterocycles. The minimum atomic E-state index is -0.892. The number of likely N-dealkylation sites (N-methyl/N-ethyl adjacent to an activating group) is 2. The van der Waals surface area contributed by atoms with E-state index >= 15 is 0 Å². The number of amides is 1. The molecule has 0 unspecified atom stereocenters. The fraction of sp³-hybridized carbons (Fsp3) is 0.364. The summed E-state index contributed by atoms with van der Waals surface area (Å²) in [7, 11) is 3.52. The van der Waals surface area contributed by atoms with Gasteiger partial charge in [0.25, 0.3) is 0 Å². The Morgan fingerprint density at radius 2 is 1.80 bits per heavy atom. The maximum atomic E-state index is 10.6. The Balaban J connectivity index is 2.43. The molecular weight excluding hydrogens is 192 g/mol. The summed E-state index contributed by atoms with van der Waals surface area (Å²) in [6.45, 7) is 1.19. The number of carboxylic acid groups (broad SMARTS) is 1. The van der Waals surface area contributed by atoms with Crippen LogP contribution in [0.15, 0.2) is 30.3 Å². The standard InChI is InChI=1S/C11H16N2O2/c1-12(8-9-13(2)11(14)15)10-6-4-3-5-7-10/h3-7H,8-9H2,1-2H3,(H,14,15). The predicted molar refractivity (Wildman–Crippen MR) is 60.4 cm³/mol. The highest BCUT2D eigenvalue weighted by atomic mass is 16.4. The summed E-state index contributed by atoms with van der Waals surface area (Å²) in [5.74, 6) is 0. The van der Waals surface area contributed by atoms with E-state index in [1.807, 2.05) is 42.3 Å². The molecule has 0 saturated carbocycles. The first-order valence-corrected chi connectivity index (χ1v) is 4.81. The molecule has 0 bridgehead atoms. The van der Waals surface area contributed by atoms with Gasteiger partial charge in [-0.05, 0) is 12.1 Å². The molecule has 0 fully saturated rings. The van der Waals surface area contributed by atoms with Crippen LogP contribution in [-0.4, -0.2) is 43.3 Å². The molecule has 1 rings (SSSR count). The third-order valence-corrected chi connectivity index (χ3v) is 2.29. The van der Waals surface area contributed by atoms with Gasteiger partial charge in [-0.1, -0.05) is 18.2 Å². The zero-order chi connectivity index (χ0) is 11.3. The molecule has 1 amide bonds. The van der Waals surface area contributed by atoms with E-state index in [1.54, 1.807) is 7.05 Å². The molecule has 0 spiro atoms. The van der Waals surface area contributed by atoms with Gasteiger partial charge in [0, 0.05) is 32.9 Å². The topological polar surface area (TPSA) is 43.8 Å². The second kappa shape index (κ2) is 5.24. The van der Waals surface area contributed by atoms with Crippen LogP contribution in [0.4, 0.5) is 10.5 Å². The van der Waals surface area contributed by atoms with Gasteiger partial charge in [0.1, 0.15) is 0 Å². The minimum Gasteiger partial charge on any atom is -0.465 e. The first-order chi connectivity index (χ1) is 7.11. The van der Waals surface area contributed by atoms with Gasteiger partial charge in [-0.15, -0.1) is 0 Å². The second-order valence-corrected chi connectivity index (χ2v) is 3.46. The molecule has 82 valence electrons. The van der Waals surface area contributed by atoms with Gasteiger partial charge >= 0.3 is 6.09 Å². The number of anilines is 1. The zero-order valence-electron chi connectivity index (χ0n) is 9.05. The third kappa shape index (κ3) is 3.50. The molecule has 1 aromatic rings. The van der Waals surface area contributed by atoms with Crippen molar-refractivity contribution in [2.75, 3.05) is 32.1 Å². The van der Waals surface area contributed by atoms with Crippen molar-refractivity contribution in [1.82, 2.24) is 4.90 Å². The van der Waals surface area contributed by atoms with Crippen LogP contribution in [0.25, 0.3) is 0 Å². The van der Waals surface area contributed by atoms with E-state index in [9.17, 15) is 4.79 Å². The summed E-state index contributed by atoms with van der Waals surface area (Å²) in [5.41, 5.74) is 1.09. The highest BCUT2D eigenvalue weighted by Gasteiger charge is 2.06. The van der Waals surface area contributed by atoms with E-state index in [-0.39, 0.29) is 0 Å². The normalized spacial score (nSPS) is 9.73. The Kier molecular flexibility index (Phi) is 3.97. The average molecular weight is 208 g/mol.